The Morgan fingerprint density at radius 2 is 2.04 bits per heavy atom. The van der Waals surface area contributed by atoms with Crippen LogP contribution in [-0.2, 0) is 0 Å². The summed E-state index contributed by atoms with van der Waals surface area (Å²) < 4.78 is 53.6. The molecule has 1 aliphatic rings. The second-order valence-corrected chi connectivity index (χ2v) is 5.81. The molecule has 25 heavy (non-hydrogen) atoms. The molecule has 0 saturated carbocycles. The highest BCUT2D eigenvalue weighted by atomic mass is 19.4. The molecule has 1 fully saturated rings. The fourth-order valence-electron chi connectivity index (χ4n) is 2.92. The van der Waals surface area contributed by atoms with Crippen LogP contribution >= 0.6 is 0 Å². The number of carbonyl (C=O) groups is 1. The van der Waals surface area contributed by atoms with Gasteiger partial charge in [-0.2, -0.15) is 13.2 Å². The van der Waals surface area contributed by atoms with E-state index in [0.29, 0.717) is 18.6 Å². The number of H-pyrrole nitrogens is 1. The molecule has 3 rings (SSSR count). The molecule has 1 unspecified atom stereocenters. The van der Waals surface area contributed by atoms with Crippen molar-refractivity contribution < 1.29 is 22.4 Å². The summed E-state index contributed by atoms with van der Waals surface area (Å²) in [5.41, 5.74) is 0.418. The van der Waals surface area contributed by atoms with E-state index in [1.165, 1.54) is 17.3 Å². The summed E-state index contributed by atoms with van der Waals surface area (Å²) in [6, 6.07) is 0.339. The lowest BCUT2D eigenvalue weighted by molar-refractivity contribution is -0.183. The Morgan fingerprint density at radius 3 is 2.72 bits per heavy atom. The third-order valence-corrected chi connectivity index (χ3v) is 4.16. The van der Waals surface area contributed by atoms with Crippen LogP contribution in [-0.4, -0.2) is 65.7 Å². The first-order chi connectivity index (χ1) is 11.9. The molecule has 2 heterocycles. The molecule has 3 N–H and O–H groups in total. The number of carbonyl (C=O) groups excluding carboxylic acids is 1. The van der Waals surface area contributed by atoms with Crippen molar-refractivity contribution in [3.8, 4) is 0 Å². The van der Waals surface area contributed by atoms with Crippen molar-refractivity contribution in [1.29, 1.82) is 0 Å². The van der Waals surface area contributed by atoms with Gasteiger partial charge in [-0.25, -0.2) is 9.37 Å². The largest absolute Gasteiger partial charge is 0.405 e. The van der Waals surface area contributed by atoms with Crippen LogP contribution in [0.5, 0.6) is 0 Å². The zero-order chi connectivity index (χ0) is 18.0. The van der Waals surface area contributed by atoms with Crippen molar-refractivity contribution in [3.05, 3.63) is 29.8 Å². The highest BCUT2D eigenvalue weighted by molar-refractivity contribution is 6.04. The minimum atomic E-state index is -4.48. The van der Waals surface area contributed by atoms with Crippen LogP contribution in [0, 0.1) is 5.82 Å². The molecular weight excluding hydrogens is 342 g/mol. The maximum atomic E-state index is 13.6. The fraction of sp³-hybridized carbons (Fsp3) is 0.467. The Kier molecular flexibility index (Phi) is 4.91. The zero-order valence-electron chi connectivity index (χ0n) is 13.2. The first-order valence-corrected chi connectivity index (χ1v) is 7.78. The van der Waals surface area contributed by atoms with E-state index in [-0.39, 0.29) is 24.2 Å². The van der Waals surface area contributed by atoms with Gasteiger partial charge in [-0.15, -0.1) is 0 Å². The van der Waals surface area contributed by atoms with Gasteiger partial charge < -0.3 is 15.6 Å². The summed E-state index contributed by atoms with van der Waals surface area (Å²) >= 11 is 0. The zero-order valence-corrected chi connectivity index (χ0v) is 13.2. The van der Waals surface area contributed by atoms with E-state index in [9.17, 15) is 22.4 Å². The average Bonchev–Trinajstić information content (AvgIpc) is 3.02. The van der Waals surface area contributed by atoms with E-state index in [1.54, 1.807) is 0 Å². The Morgan fingerprint density at radius 1 is 1.32 bits per heavy atom. The van der Waals surface area contributed by atoms with Crippen molar-refractivity contribution >= 4 is 16.9 Å². The molecule has 10 heteroatoms. The van der Waals surface area contributed by atoms with E-state index in [1.807, 2.05) is 0 Å². The molecule has 0 spiro atoms. The Bertz CT molecular complexity index is 754. The summed E-state index contributed by atoms with van der Waals surface area (Å²) in [5.74, 6) is -1.46. The van der Waals surface area contributed by atoms with Crippen molar-refractivity contribution in [2.75, 3.05) is 32.7 Å². The van der Waals surface area contributed by atoms with E-state index in [2.05, 4.69) is 20.6 Å². The first-order valence-electron chi connectivity index (χ1n) is 7.78. The molecule has 0 radical (unpaired) electrons. The Hall–Kier alpha value is -2.20. The monoisotopic (exact) mass is 359 g/mol. The van der Waals surface area contributed by atoms with Gasteiger partial charge in [0.15, 0.2) is 0 Å². The number of hydrogen-bond acceptors (Lipinski definition) is 4. The van der Waals surface area contributed by atoms with Crippen molar-refractivity contribution in [2.24, 2.45) is 0 Å². The third-order valence-electron chi connectivity index (χ3n) is 4.16. The summed E-state index contributed by atoms with van der Waals surface area (Å²) in [7, 11) is 0. The number of fused-ring (bicyclic) bond motifs is 1. The number of alkyl halides is 3. The van der Waals surface area contributed by atoms with Crippen LogP contribution in [0.4, 0.5) is 17.6 Å². The van der Waals surface area contributed by atoms with Gasteiger partial charge in [0.1, 0.15) is 17.4 Å². The van der Waals surface area contributed by atoms with Gasteiger partial charge in [-0.05, 0) is 12.1 Å². The number of piperazine rings is 1. The molecule has 0 aliphatic carbocycles. The molecular formula is C15H17F4N5O. The summed E-state index contributed by atoms with van der Waals surface area (Å²) in [5, 5.41) is 5.26. The maximum Gasteiger partial charge on any atom is 0.405 e. The molecule has 6 nitrogen and oxygen atoms in total. The van der Waals surface area contributed by atoms with Gasteiger partial charge in [-0.1, -0.05) is 0 Å². The normalized spacial score (nSPS) is 17.6. The molecule has 1 aromatic heterocycles. The van der Waals surface area contributed by atoms with Gasteiger partial charge in [-0.3, -0.25) is 9.69 Å². The average molecular weight is 359 g/mol. The molecule has 1 aromatic carbocycles. The maximum absolute atomic E-state index is 13.6. The lowest BCUT2D eigenvalue weighted by atomic mass is 10.1. The van der Waals surface area contributed by atoms with Crippen molar-refractivity contribution in [2.45, 2.75) is 12.2 Å². The fourth-order valence-corrected chi connectivity index (χ4v) is 2.92. The number of amides is 1. The van der Waals surface area contributed by atoms with Crippen LogP contribution < -0.4 is 10.6 Å². The number of rotatable bonds is 4. The second-order valence-electron chi connectivity index (χ2n) is 5.81. The summed E-state index contributed by atoms with van der Waals surface area (Å²) in [6.45, 7) is 0.786. The third kappa shape index (κ3) is 3.90. The SMILES string of the molecule is O=C(NCC(N1CCNCC1)C(F)(F)F)c1cc(F)cc2[nH]cnc12. The van der Waals surface area contributed by atoms with Crippen LogP contribution in [0.25, 0.3) is 11.0 Å². The predicted molar refractivity (Wildman–Crippen MR) is 82.7 cm³/mol. The molecule has 1 saturated heterocycles. The quantitative estimate of drug-likeness (QED) is 0.719. The molecule has 0 bridgehead atoms. The number of imidazole rings is 1. The van der Waals surface area contributed by atoms with E-state index < -0.39 is 30.5 Å². The van der Waals surface area contributed by atoms with E-state index in [0.717, 1.165) is 6.07 Å². The first kappa shape index (κ1) is 17.6. The Balaban J connectivity index is 1.75. The van der Waals surface area contributed by atoms with Crippen molar-refractivity contribution in [3.63, 3.8) is 0 Å². The van der Waals surface area contributed by atoms with Gasteiger partial charge in [0.2, 0.25) is 0 Å². The highest BCUT2D eigenvalue weighted by Crippen LogP contribution is 2.25. The smallest absolute Gasteiger partial charge is 0.350 e. The number of nitrogens with zero attached hydrogens (tertiary/aromatic N) is 2. The number of halogens is 4. The van der Waals surface area contributed by atoms with Gasteiger partial charge >= 0.3 is 6.18 Å². The minimum Gasteiger partial charge on any atom is -0.350 e. The molecule has 136 valence electrons. The topological polar surface area (TPSA) is 73.1 Å². The number of benzene rings is 1. The standard InChI is InChI=1S/C15H17F4N5O/c16-9-5-10(13-11(6-9)22-8-23-13)14(25)21-7-12(15(17,18)19)24-3-1-20-2-4-24/h5-6,8,12,20H,1-4,7H2,(H,21,25)(H,22,23). The number of nitrogens with one attached hydrogen (secondary N) is 3. The van der Waals surface area contributed by atoms with Gasteiger partial charge in [0.25, 0.3) is 5.91 Å². The number of hydrogen-bond donors (Lipinski definition) is 3. The molecule has 1 aliphatic heterocycles. The summed E-state index contributed by atoms with van der Waals surface area (Å²) in [6.07, 6.45) is -3.19. The molecule has 1 amide bonds. The van der Waals surface area contributed by atoms with E-state index >= 15 is 0 Å². The van der Waals surface area contributed by atoms with E-state index in [4.69, 9.17) is 0 Å². The lowest BCUT2D eigenvalue weighted by Gasteiger charge is -2.35. The second kappa shape index (κ2) is 6.96. The number of aromatic nitrogens is 2. The highest BCUT2D eigenvalue weighted by Gasteiger charge is 2.43. The van der Waals surface area contributed by atoms with Crippen molar-refractivity contribution in [1.82, 2.24) is 25.5 Å². The van der Waals surface area contributed by atoms with Crippen LogP contribution in [0.2, 0.25) is 0 Å². The Labute approximate surface area is 140 Å². The summed E-state index contributed by atoms with van der Waals surface area (Å²) in [4.78, 5) is 20.2. The van der Waals surface area contributed by atoms with Crippen LogP contribution in [0.15, 0.2) is 18.5 Å². The van der Waals surface area contributed by atoms with Gasteiger partial charge in [0.05, 0.1) is 17.4 Å². The predicted octanol–water partition coefficient (Wildman–Crippen LogP) is 1.27. The molecule has 2 aromatic rings. The number of aromatic amines is 1. The minimum absolute atomic E-state index is 0.0996. The van der Waals surface area contributed by atoms with Crippen LogP contribution in [0.3, 0.4) is 0 Å². The van der Waals surface area contributed by atoms with Crippen LogP contribution in [0.1, 0.15) is 10.4 Å². The lowest BCUT2D eigenvalue weighted by Crippen LogP contribution is -2.57. The van der Waals surface area contributed by atoms with Gasteiger partial charge in [0, 0.05) is 32.7 Å². The molecule has 1 atom stereocenters.